The molecule has 2 aromatic rings. The van der Waals surface area contributed by atoms with E-state index in [2.05, 4.69) is 5.32 Å². The molecule has 0 aliphatic heterocycles. The SMILES string of the molecule is COc1ccc(C)cc1N(C(C)C(=O)NCc1ccccc1Cl)S(C)(=O)=O. The molecule has 1 atom stereocenters. The van der Waals surface area contributed by atoms with Crippen LogP contribution in [0.4, 0.5) is 5.69 Å². The van der Waals surface area contributed by atoms with E-state index >= 15 is 0 Å². The Kier molecular flexibility index (Phi) is 6.73. The highest BCUT2D eigenvalue weighted by atomic mass is 35.5. The van der Waals surface area contributed by atoms with Crippen molar-refractivity contribution in [1.29, 1.82) is 0 Å². The molecular weight excluding hydrogens is 388 g/mol. The fraction of sp³-hybridized carbons (Fsp3) is 0.316. The maximum absolute atomic E-state index is 12.7. The average molecular weight is 411 g/mol. The predicted molar refractivity (Wildman–Crippen MR) is 108 cm³/mol. The van der Waals surface area contributed by atoms with Gasteiger partial charge >= 0.3 is 0 Å². The Balaban J connectivity index is 2.30. The molecule has 0 aromatic heterocycles. The van der Waals surface area contributed by atoms with Gasteiger partial charge in [0.25, 0.3) is 0 Å². The summed E-state index contributed by atoms with van der Waals surface area (Å²) >= 11 is 6.10. The van der Waals surface area contributed by atoms with E-state index in [-0.39, 0.29) is 6.54 Å². The van der Waals surface area contributed by atoms with Crippen LogP contribution in [0.2, 0.25) is 5.02 Å². The van der Waals surface area contributed by atoms with E-state index in [0.29, 0.717) is 16.5 Å². The van der Waals surface area contributed by atoms with Gasteiger partial charge in [-0.2, -0.15) is 0 Å². The third-order valence-corrected chi connectivity index (χ3v) is 5.67. The lowest BCUT2D eigenvalue weighted by Crippen LogP contribution is -2.47. The Morgan fingerprint density at radius 1 is 1.26 bits per heavy atom. The van der Waals surface area contributed by atoms with Crippen molar-refractivity contribution >= 4 is 33.2 Å². The van der Waals surface area contributed by atoms with Crippen molar-refractivity contribution in [3.05, 3.63) is 58.6 Å². The molecular formula is C19H23ClN2O4S. The molecule has 1 amide bonds. The van der Waals surface area contributed by atoms with Gasteiger partial charge in [0.1, 0.15) is 11.8 Å². The Morgan fingerprint density at radius 2 is 1.93 bits per heavy atom. The highest BCUT2D eigenvalue weighted by Gasteiger charge is 2.31. The van der Waals surface area contributed by atoms with Gasteiger partial charge in [0.15, 0.2) is 0 Å². The number of ether oxygens (including phenoxy) is 1. The summed E-state index contributed by atoms with van der Waals surface area (Å²) in [6, 6.07) is 11.3. The van der Waals surface area contributed by atoms with Crippen LogP contribution in [-0.4, -0.2) is 33.7 Å². The van der Waals surface area contributed by atoms with Crippen LogP contribution in [0.3, 0.4) is 0 Å². The lowest BCUT2D eigenvalue weighted by molar-refractivity contribution is -0.122. The molecule has 0 radical (unpaired) electrons. The van der Waals surface area contributed by atoms with Gasteiger partial charge in [-0.3, -0.25) is 9.10 Å². The number of carbonyl (C=O) groups is 1. The number of nitrogens with zero attached hydrogens (tertiary/aromatic N) is 1. The summed E-state index contributed by atoms with van der Waals surface area (Å²) in [6.07, 6.45) is 1.06. The Bertz CT molecular complexity index is 931. The molecule has 0 fully saturated rings. The molecule has 2 aromatic carbocycles. The quantitative estimate of drug-likeness (QED) is 0.760. The average Bonchev–Trinajstić information content (AvgIpc) is 2.60. The van der Waals surface area contributed by atoms with E-state index < -0.39 is 22.0 Å². The topological polar surface area (TPSA) is 75.7 Å². The maximum Gasteiger partial charge on any atom is 0.243 e. The van der Waals surface area contributed by atoms with Gasteiger partial charge in [-0.15, -0.1) is 0 Å². The smallest absolute Gasteiger partial charge is 0.243 e. The molecule has 0 saturated heterocycles. The number of hydrogen-bond donors (Lipinski definition) is 1. The Labute approximate surface area is 165 Å². The standard InChI is InChI=1S/C19H23ClN2O4S/c1-13-9-10-18(26-3)17(11-13)22(27(4,24)25)14(2)19(23)21-12-15-7-5-6-8-16(15)20/h5-11,14H,12H2,1-4H3,(H,21,23). The van der Waals surface area contributed by atoms with E-state index in [1.165, 1.54) is 14.0 Å². The van der Waals surface area contributed by atoms with Gasteiger partial charge in [-0.25, -0.2) is 8.42 Å². The van der Waals surface area contributed by atoms with Crippen molar-refractivity contribution < 1.29 is 17.9 Å². The van der Waals surface area contributed by atoms with Crippen LogP contribution < -0.4 is 14.4 Å². The predicted octanol–water partition coefficient (Wildman–Crippen LogP) is 3.13. The van der Waals surface area contributed by atoms with Gasteiger partial charge in [0, 0.05) is 11.6 Å². The molecule has 0 aliphatic carbocycles. The Hall–Kier alpha value is -2.25. The van der Waals surface area contributed by atoms with Crippen LogP contribution in [0.1, 0.15) is 18.1 Å². The van der Waals surface area contributed by atoms with Gasteiger partial charge in [0.2, 0.25) is 15.9 Å². The van der Waals surface area contributed by atoms with Crippen molar-refractivity contribution in [2.24, 2.45) is 0 Å². The molecule has 8 heteroatoms. The first-order valence-corrected chi connectivity index (χ1v) is 10.5. The fourth-order valence-corrected chi connectivity index (χ4v) is 4.10. The highest BCUT2D eigenvalue weighted by Crippen LogP contribution is 2.32. The minimum absolute atomic E-state index is 0.200. The number of anilines is 1. The van der Waals surface area contributed by atoms with Crippen LogP contribution in [-0.2, 0) is 21.4 Å². The highest BCUT2D eigenvalue weighted by molar-refractivity contribution is 7.92. The second-order valence-corrected chi connectivity index (χ2v) is 8.49. The number of aryl methyl sites for hydroxylation is 1. The van der Waals surface area contributed by atoms with E-state index in [1.807, 2.05) is 19.1 Å². The summed E-state index contributed by atoms with van der Waals surface area (Å²) in [6.45, 7) is 3.57. The third-order valence-electron chi connectivity index (χ3n) is 4.07. The van der Waals surface area contributed by atoms with Crippen molar-refractivity contribution in [2.45, 2.75) is 26.4 Å². The summed E-state index contributed by atoms with van der Waals surface area (Å²) in [4.78, 5) is 12.7. The molecule has 0 spiro atoms. The maximum atomic E-state index is 12.7. The number of halogens is 1. The number of carbonyl (C=O) groups excluding carboxylic acids is 1. The van der Waals surface area contributed by atoms with Crippen molar-refractivity contribution in [2.75, 3.05) is 17.7 Å². The minimum Gasteiger partial charge on any atom is -0.495 e. The molecule has 0 aliphatic rings. The van der Waals surface area contributed by atoms with Gasteiger partial charge in [0.05, 0.1) is 19.1 Å². The molecule has 0 bridgehead atoms. The second kappa shape index (κ2) is 8.63. The molecule has 2 rings (SSSR count). The normalized spacial score (nSPS) is 12.3. The molecule has 27 heavy (non-hydrogen) atoms. The summed E-state index contributed by atoms with van der Waals surface area (Å²) in [5, 5.41) is 3.28. The molecule has 0 saturated carbocycles. The largest absolute Gasteiger partial charge is 0.495 e. The summed E-state index contributed by atoms with van der Waals surface area (Å²) in [7, 11) is -2.28. The molecule has 146 valence electrons. The number of sulfonamides is 1. The monoisotopic (exact) mass is 410 g/mol. The van der Waals surface area contributed by atoms with E-state index in [9.17, 15) is 13.2 Å². The zero-order valence-electron chi connectivity index (χ0n) is 15.7. The first-order chi connectivity index (χ1) is 12.6. The summed E-state index contributed by atoms with van der Waals surface area (Å²) < 4.78 is 31.3. The molecule has 1 N–H and O–H groups in total. The molecule has 1 unspecified atom stereocenters. The first-order valence-electron chi connectivity index (χ1n) is 8.30. The number of methoxy groups -OCH3 is 1. The van der Waals surface area contributed by atoms with Crippen molar-refractivity contribution in [1.82, 2.24) is 5.32 Å². The first kappa shape index (κ1) is 21.1. The zero-order valence-corrected chi connectivity index (χ0v) is 17.3. The van der Waals surface area contributed by atoms with Crippen LogP contribution in [0.25, 0.3) is 0 Å². The van der Waals surface area contributed by atoms with Crippen molar-refractivity contribution in [3.63, 3.8) is 0 Å². The van der Waals surface area contributed by atoms with Crippen LogP contribution in [0, 0.1) is 6.92 Å². The van der Waals surface area contributed by atoms with Crippen molar-refractivity contribution in [3.8, 4) is 5.75 Å². The van der Waals surface area contributed by atoms with Gasteiger partial charge in [-0.05, 0) is 43.2 Å². The van der Waals surface area contributed by atoms with Crippen LogP contribution >= 0.6 is 11.6 Å². The summed E-state index contributed by atoms with van der Waals surface area (Å²) in [5.74, 6) is -0.0688. The fourth-order valence-electron chi connectivity index (χ4n) is 2.73. The number of nitrogens with one attached hydrogen (secondary N) is 1. The van der Waals surface area contributed by atoms with E-state index in [4.69, 9.17) is 16.3 Å². The van der Waals surface area contributed by atoms with E-state index in [0.717, 1.165) is 21.7 Å². The number of rotatable bonds is 7. The lowest BCUT2D eigenvalue weighted by atomic mass is 10.1. The molecule has 0 heterocycles. The van der Waals surface area contributed by atoms with Gasteiger partial charge < -0.3 is 10.1 Å². The third kappa shape index (κ3) is 5.14. The lowest BCUT2D eigenvalue weighted by Gasteiger charge is -2.29. The number of benzene rings is 2. The zero-order chi connectivity index (χ0) is 20.2. The second-order valence-electron chi connectivity index (χ2n) is 6.22. The van der Waals surface area contributed by atoms with Crippen LogP contribution in [0.15, 0.2) is 42.5 Å². The number of amides is 1. The van der Waals surface area contributed by atoms with Crippen LogP contribution in [0.5, 0.6) is 5.75 Å². The van der Waals surface area contributed by atoms with Gasteiger partial charge in [-0.1, -0.05) is 35.9 Å². The number of hydrogen-bond acceptors (Lipinski definition) is 4. The summed E-state index contributed by atoms with van der Waals surface area (Å²) in [5.41, 5.74) is 1.92. The molecule has 6 nitrogen and oxygen atoms in total. The van der Waals surface area contributed by atoms with E-state index in [1.54, 1.807) is 30.3 Å². The Morgan fingerprint density at radius 3 is 2.52 bits per heavy atom. The minimum atomic E-state index is -3.74.